The molecule has 1 aliphatic rings. The maximum absolute atomic E-state index is 11.5. The van der Waals surface area contributed by atoms with E-state index in [-0.39, 0.29) is 4.90 Å². The molecule has 1 aliphatic carbocycles. The van der Waals surface area contributed by atoms with Crippen LogP contribution in [0.15, 0.2) is 71.2 Å². The molecule has 0 radical (unpaired) electrons. The van der Waals surface area contributed by atoms with Gasteiger partial charge in [-0.3, -0.25) is 4.55 Å². The van der Waals surface area contributed by atoms with Crippen LogP contribution < -0.4 is 5.32 Å². The van der Waals surface area contributed by atoms with E-state index in [1.165, 1.54) is 17.7 Å². The summed E-state index contributed by atoms with van der Waals surface area (Å²) >= 11 is 0. The molecule has 1 aromatic rings. The zero-order valence-electron chi connectivity index (χ0n) is 16.6. The average Bonchev–Trinajstić information content (AvgIpc) is 2.59. The molecule has 28 heavy (non-hydrogen) atoms. The average molecular weight is 401 g/mol. The lowest BCUT2D eigenvalue weighted by molar-refractivity contribution is 0.483. The fraction of sp³-hybridized carbons (Fsp3) is 0.318. The summed E-state index contributed by atoms with van der Waals surface area (Å²) in [6, 6.07) is 4.49. The Balaban J connectivity index is 2.15. The van der Waals surface area contributed by atoms with E-state index in [4.69, 9.17) is 5.41 Å². The van der Waals surface area contributed by atoms with Gasteiger partial charge in [0.25, 0.3) is 10.1 Å². The van der Waals surface area contributed by atoms with Crippen molar-refractivity contribution in [3.8, 4) is 0 Å². The number of allylic oxidation sites excluding steroid dienone is 8. The summed E-state index contributed by atoms with van der Waals surface area (Å²) in [5, 5.41) is 11.4. The van der Waals surface area contributed by atoms with E-state index in [0.29, 0.717) is 17.8 Å². The van der Waals surface area contributed by atoms with E-state index in [9.17, 15) is 13.0 Å². The first-order valence-corrected chi connectivity index (χ1v) is 10.7. The van der Waals surface area contributed by atoms with E-state index >= 15 is 0 Å². The van der Waals surface area contributed by atoms with Crippen molar-refractivity contribution in [1.82, 2.24) is 0 Å². The quantitative estimate of drug-likeness (QED) is 0.323. The monoisotopic (exact) mass is 400 g/mol. The smallest absolute Gasteiger partial charge is 0.294 e. The summed E-state index contributed by atoms with van der Waals surface area (Å²) < 4.78 is 32.5. The minimum atomic E-state index is -4.30. The Morgan fingerprint density at radius 2 is 1.82 bits per heavy atom. The van der Waals surface area contributed by atoms with E-state index in [1.54, 1.807) is 13.0 Å². The van der Waals surface area contributed by atoms with E-state index in [0.717, 1.165) is 18.5 Å². The summed E-state index contributed by atoms with van der Waals surface area (Å²) in [5.41, 5.74) is 2.43. The Morgan fingerprint density at radius 3 is 2.50 bits per heavy atom. The second kappa shape index (κ2) is 9.17. The summed E-state index contributed by atoms with van der Waals surface area (Å²) in [5.74, 6) is 0. The lowest BCUT2D eigenvalue weighted by Crippen LogP contribution is -2.27. The molecular formula is C22H28N2O3S. The SMILES string of the molecule is CC(=N)C(C)(C)c1cc(S(=O)(=O)O)ccc1NCCCC1=CC=CC=CC=C1. The summed E-state index contributed by atoms with van der Waals surface area (Å²) in [6.07, 6.45) is 16.0. The summed E-state index contributed by atoms with van der Waals surface area (Å²) in [7, 11) is -4.30. The topological polar surface area (TPSA) is 90.2 Å². The minimum Gasteiger partial charge on any atom is -0.385 e. The van der Waals surface area contributed by atoms with Gasteiger partial charge in [0.05, 0.1) is 4.90 Å². The molecular weight excluding hydrogens is 372 g/mol. The third kappa shape index (κ3) is 5.78. The fourth-order valence-corrected chi connectivity index (χ4v) is 3.35. The predicted molar refractivity (Wildman–Crippen MR) is 116 cm³/mol. The van der Waals surface area contributed by atoms with Crippen molar-refractivity contribution in [2.75, 3.05) is 11.9 Å². The van der Waals surface area contributed by atoms with Gasteiger partial charge in [-0.1, -0.05) is 56.4 Å². The second-order valence-corrected chi connectivity index (χ2v) is 8.75. The van der Waals surface area contributed by atoms with Gasteiger partial charge in [-0.15, -0.1) is 0 Å². The predicted octanol–water partition coefficient (Wildman–Crippen LogP) is 5.05. The van der Waals surface area contributed by atoms with E-state index in [1.807, 2.05) is 44.2 Å². The number of anilines is 1. The van der Waals surface area contributed by atoms with Crippen LogP contribution in [-0.2, 0) is 15.5 Å². The Labute approximate surface area is 167 Å². The van der Waals surface area contributed by atoms with Crippen LogP contribution in [0.3, 0.4) is 0 Å². The van der Waals surface area contributed by atoms with Gasteiger partial charge >= 0.3 is 0 Å². The van der Waals surface area contributed by atoms with Gasteiger partial charge in [-0.05, 0) is 49.1 Å². The molecule has 5 nitrogen and oxygen atoms in total. The van der Waals surface area contributed by atoms with Crippen LogP contribution in [0.2, 0.25) is 0 Å². The molecule has 6 heteroatoms. The second-order valence-electron chi connectivity index (χ2n) is 7.33. The maximum Gasteiger partial charge on any atom is 0.294 e. The number of benzene rings is 1. The standard InChI is InChI=1S/C22H28N2O3S/c1-17(23)22(2,3)20-16-19(28(25,26)27)13-14-21(20)24-15-9-12-18-10-7-5-4-6-8-11-18/h4-8,10-11,13-14,16,23-24H,9,12,15H2,1-3H3,(H,25,26,27). The molecule has 0 fully saturated rings. The number of hydrogen-bond acceptors (Lipinski definition) is 4. The third-order valence-electron chi connectivity index (χ3n) is 4.92. The minimum absolute atomic E-state index is 0.160. The van der Waals surface area contributed by atoms with Crippen molar-refractivity contribution in [3.63, 3.8) is 0 Å². The van der Waals surface area contributed by atoms with Gasteiger partial charge in [-0.25, -0.2) is 0 Å². The number of nitrogens with one attached hydrogen (secondary N) is 2. The normalized spacial score (nSPS) is 14.4. The molecule has 0 unspecified atom stereocenters. The molecule has 0 spiro atoms. The number of hydrogen-bond donors (Lipinski definition) is 3. The summed E-state index contributed by atoms with van der Waals surface area (Å²) in [4.78, 5) is -0.160. The fourth-order valence-electron chi connectivity index (χ4n) is 2.85. The van der Waals surface area contributed by atoms with Crippen molar-refractivity contribution in [2.45, 2.75) is 43.9 Å². The third-order valence-corrected chi connectivity index (χ3v) is 5.77. The van der Waals surface area contributed by atoms with Crippen molar-refractivity contribution in [2.24, 2.45) is 0 Å². The van der Waals surface area contributed by atoms with Crippen LogP contribution >= 0.6 is 0 Å². The zero-order chi connectivity index (χ0) is 20.8. The molecule has 150 valence electrons. The highest BCUT2D eigenvalue weighted by molar-refractivity contribution is 7.85. The van der Waals surface area contributed by atoms with Gasteiger partial charge in [0.1, 0.15) is 0 Å². The molecule has 0 saturated carbocycles. The van der Waals surface area contributed by atoms with Crippen LogP contribution in [0.25, 0.3) is 0 Å². The van der Waals surface area contributed by atoms with E-state index in [2.05, 4.69) is 17.5 Å². The highest BCUT2D eigenvalue weighted by atomic mass is 32.2. The largest absolute Gasteiger partial charge is 0.385 e. The molecule has 0 atom stereocenters. The molecule has 0 aliphatic heterocycles. The molecule has 0 aromatic heterocycles. The maximum atomic E-state index is 11.5. The Hall–Kier alpha value is -2.44. The van der Waals surface area contributed by atoms with Crippen molar-refractivity contribution in [1.29, 1.82) is 5.41 Å². The highest BCUT2D eigenvalue weighted by Gasteiger charge is 2.28. The molecule has 0 bridgehead atoms. The Bertz CT molecular complexity index is 952. The molecule has 0 amide bonds. The lowest BCUT2D eigenvalue weighted by Gasteiger charge is -2.28. The molecule has 0 saturated heterocycles. The first-order valence-electron chi connectivity index (χ1n) is 9.24. The van der Waals surface area contributed by atoms with Gasteiger partial charge in [0.15, 0.2) is 0 Å². The van der Waals surface area contributed by atoms with Crippen molar-refractivity contribution >= 4 is 21.5 Å². The molecule has 1 aromatic carbocycles. The zero-order valence-corrected chi connectivity index (χ0v) is 17.4. The van der Waals surface area contributed by atoms with Gasteiger partial charge in [0, 0.05) is 23.4 Å². The number of rotatable bonds is 8. The van der Waals surface area contributed by atoms with Gasteiger partial charge in [-0.2, -0.15) is 8.42 Å². The first kappa shape index (κ1) is 21.9. The summed E-state index contributed by atoms with van der Waals surface area (Å²) in [6.45, 7) is 6.14. The Morgan fingerprint density at radius 1 is 1.14 bits per heavy atom. The molecule has 3 N–H and O–H groups in total. The van der Waals surface area contributed by atoms with Crippen molar-refractivity contribution in [3.05, 3.63) is 71.9 Å². The van der Waals surface area contributed by atoms with E-state index < -0.39 is 15.5 Å². The van der Waals surface area contributed by atoms with Crippen molar-refractivity contribution < 1.29 is 13.0 Å². The molecule has 0 heterocycles. The van der Waals surface area contributed by atoms with Crippen LogP contribution in [0.4, 0.5) is 5.69 Å². The van der Waals surface area contributed by atoms with Crippen LogP contribution in [0, 0.1) is 5.41 Å². The molecule has 2 rings (SSSR count). The lowest BCUT2D eigenvalue weighted by atomic mass is 9.79. The van der Waals surface area contributed by atoms with Crippen LogP contribution in [0.5, 0.6) is 0 Å². The van der Waals surface area contributed by atoms with Crippen LogP contribution in [0.1, 0.15) is 39.2 Å². The Kier molecular flexibility index (Phi) is 7.16. The van der Waals surface area contributed by atoms with Gasteiger partial charge in [0.2, 0.25) is 0 Å². The van der Waals surface area contributed by atoms with Gasteiger partial charge < -0.3 is 10.7 Å². The first-order chi connectivity index (χ1) is 13.1. The van der Waals surface area contributed by atoms with Crippen LogP contribution in [-0.4, -0.2) is 25.2 Å². The highest BCUT2D eigenvalue weighted by Crippen LogP contribution is 2.33.